The van der Waals surface area contributed by atoms with E-state index in [0.717, 1.165) is 17.7 Å². The molecule has 0 aliphatic carbocycles. The van der Waals surface area contributed by atoms with E-state index in [0.29, 0.717) is 35.9 Å². The summed E-state index contributed by atoms with van der Waals surface area (Å²) < 4.78 is 26.5. The summed E-state index contributed by atoms with van der Waals surface area (Å²) in [5.74, 6) is -1.29. The number of carboxylic acid groups (broad SMARTS) is 1. The number of amides is 1. The third-order valence-electron chi connectivity index (χ3n) is 4.50. The molecule has 1 aliphatic rings. The van der Waals surface area contributed by atoms with Gasteiger partial charge in [0.2, 0.25) is 10.0 Å². The molecule has 0 spiro atoms. The molecule has 150 valence electrons. The van der Waals surface area contributed by atoms with Gasteiger partial charge in [-0.3, -0.25) is 14.9 Å². The van der Waals surface area contributed by atoms with Crippen molar-refractivity contribution in [3.05, 3.63) is 40.4 Å². The molecule has 2 heterocycles. The molecule has 0 saturated carbocycles. The molecule has 2 N–H and O–H groups in total. The molecule has 2 aromatic rings. The zero-order valence-corrected chi connectivity index (χ0v) is 17.0. The van der Waals surface area contributed by atoms with E-state index in [1.807, 2.05) is 0 Å². The molecule has 1 aromatic heterocycles. The van der Waals surface area contributed by atoms with Crippen LogP contribution in [0, 0.1) is 6.92 Å². The molecular formula is C18H21N3O5S2. The second-order valence-corrected chi connectivity index (χ2v) is 9.53. The molecule has 8 nitrogen and oxygen atoms in total. The summed E-state index contributed by atoms with van der Waals surface area (Å²) in [6.07, 6.45) is 2.09. The minimum atomic E-state index is -3.51. The van der Waals surface area contributed by atoms with Gasteiger partial charge in [0.15, 0.2) is 5.13 Å². The van der Waals surface area contributed by atoms with Crippen molar-refractivity contribution in [3.8, 4) is 0 Å². The van der Waals surface area contributed by atoms with E-state index in [2.05, 4.69) is 10.3 Å². The Morgan fingerprint density at radius 2 is 1.86 bits per heavy atom. The van der Waals surface area contributed by atoms with Crippen LogP contribution in [0.4, 0.5) is 5.13 Å². The molecule has 0 radical (unpaired) electrons. The van der Waals surface area contributed by atoms with E-state index in [4.69, 9.17) is 5.11 Å². The third kappa shape index (κ3) is 4.57. The average molecular weight is 424 g/mol. The standard InChI is InChI=1S/C18H21N3O5S2/c1-12-15(8-9-16(22)23)27-18(19-12)20-17(24)13-4-6-14(7-5-13)28(25,26)21-10-2-3-11-21/h4-7H,2-3,8-11H2,1H3,(H,22,23)(H,19,20,24). The fourth-order valence-electron chi connectivity index (χ4n) is 2.96. The number of aryl methyl sites for hydroxylation is 2. The zero-order valence-electron chi connectivity index (χ0n) is 15.3. The second kappa shape index (κ2) is 8.38. The van der Waals surface area contributed by atoms with Gasteiger partial charge in [0, 0.05) is 23.5 Å². The number of aromatic nitrogens is 1. The predicted molar refractivity (Wildman–Crippen MR) is 105 cm³/mol. The highest BCUT2D eigenvalue weighted by Crippen LogP contribution is 2.25. The Hall–Kier alpha value is -2.30. The fraction of sp³-hybridized carbons (Fsp3) is 0.389. The molecule has 28 heavy (non-hydrogen) atoms. The number of nitrogens with zero attached hydrogens (tertiary/aromatic N) is 2. The maximum Gasteiger partial charge on any atom is 0.303 e. The molecule has 0 atom stereocenters. The van der Waals surface area contributed by atoms with Crippen molar-refractivity contribution in [1.29, 1.82) is 0 Å². The van der Waals surface area contributed by atoms with E-state index in [9.17, 15) is 18.0 Å². The summed E-state index contributed by atoms with van der Waals surface area (Å²) in [5, 5.41) is 11.9. The summed E-state index contributed by atoms with van der Waals surface area (Å²) in [6, 6.07) is 5.83. The first kappa shape index (κ1) is 20.4. The van der Waals surface area contributed by atoms with Crippen LogP contribution in [-0.4, -0.2) is 47.8 Å². The summed E-state index contributed by atoms with van der Waals surface area (Å²) >= 11 is 1.24. The van der Waals surface area contributed by atoms with E-state index in [1.54, 1.807) is 6.92 Å². The Balaban J connectivity index is 1.68. The normalized spacial score (nSPS) is 14.9. The number of hydrogen-bond acceptors (Lipinski definition) is 6. The van der Waals surface area contributed by atoms with Gasteiger partial charge in [-0.2, -0.15) is 4.31 Å². The van der Waals surface area contributed by atoms with Gasteiger partial charge < -0.3 is 5.11 Å². The van der Waals surface area contributed by atoms with Gasteiger partial charge in [-0.15, -0.1) is 11.3 Å². The van der Waals surface area contributed by atoms with E-state index in [-0.39, 0.29) is 11.3 Å². The molecule has 0 unspecified atom stereocenters. The molecule has 0 bridgehead atoms. The van der Waals surface area contributed by atoms with Crippen molar-refractivity contribution in [2.24, 2.45) is 0 Å². The summed E-state index contributed by atoms with van der Waals surface area (Å²) in [6.45, 7) is 2.82. The summed E-state index contributed by atoms with van der Waals surface area (Å²) in [7, 11) is -3.51. The van der Waals surface area contributed by atoms with Gasteiger partial charge in [-0.25, -0.2) is 13.4 Å². The Morgan fingerprint density at radius 3 is 2.46 bits per heavy atom. The van der Waals surface area contributed by atoms with Gasteiger partial charge in [0.1, 0.15) is 0 Å². The van der Waals surface area contributed by atoms with Crippen LogP contribution < -0.4 is 5.32 Å². The first-order valence-electron chi connectivity index (χ1n) is 8.87. The highest BCUT2D eigenvalue weighted by atomic mass is 32.2. The maximum absolute atomic E-state index is 12.5. The van der Waals surface area contributed by atoms with Crippen LogP contribution in [0.5, 0.6) is 0 Å². The van der Waals surface area contributed by atoms with Crippen molar-refractivity contribution in [2.45, 2.75) is 37.5 Å². The Morgan fingerprint density at radius 1 is 1.21 bits per heavy atom. The third-order valence-corrected chi connectivity index (χ3v) is 7.54. The number of carbonyl (C=O) groups is 2. The monoisotopic (exact) mass is 423 g/mol. The van der Waals surface area contributed by atoms with Gasteiger partial charge in [0.25, 0.3) is 5.91 Å². The summed E-state index contributed by atoms with van der Waals surface area (Å²) in [5.41, 5.74) is 1.01. The van der Waals surface area contributed by atoms with Gasteiger partial charge in [-0.1, -0.05) is 0 Å². The highest BCUT2D eigenvalue weighted by molar-refractivity contribution is 7.89. The number of hydrogen-bond donors (Lipinski definition) is 2. The van der Waals surface area contributed by atoms with Gasteiger partial charge >= 0.3 is 5.97 Å². The van der Waals surface area contributed by atoms with Crippen molar-refractivity contribution < 1.29 is 23.1 Å². The molecule has 1 aromatic carbocycles. The van der Waals surface area contributed by atoms with Crippen LogP contribution in [0.3, 0.4) is 0 Å². The Labute approximate surface area is 167 Å². The zero-order chi connectivity index (χ0) is 20.3. The van der Waals surface area contributed by atoms with Crippen LogP contribution in [-0.2, 0) is 21.2 Å². The number of nitrogens with one attached hydrogen (secondary N) is 1. The topological polar surface area (TPSA) is 117 Å². The number of rotatable bonds is 7. The van der Waals surface area contributed by atoms with Crippen molar-refractivity contribution in [2.75, 3.05) is 18.4 Å². The molecule has 10 heteroatoms. The Kier molecular flexibility index (Phi) is 6.11. The molecule has 1 amide bonds. The lowest BCUT2D eigenvalue weighted by atomic mass is 10.2. The van der Waals surface area contributed by atoms with E-state index in [1.165, 1.54) is 39.9 Å². The highest BCUT2D eigenvalue weighted by Gasteiger charge is 2.27. The quantitative estimate of drug-likeness (QED) is 0.707. The van der Waals surface area contributed by atoms with E-state index < -0.39 is 21.9 Å². The maximum atomic E-state index is 12.5. The lowest BCUT2D eigenvalue weighted by Gasteiger charge is -2.15. The van der Waals surface area contributed by atoms with Crippen molar-refractivity contribution in [3.63, 3.8) is 0 Å². The van der Waals surface area contributed by atoms with Crippen LogP contribution in [0.2, 0.25) is 0 Å². The molecule has 3 rings (SSSR count). The molecular weight excluding hydrogens is 402 g/mol. The minimum absolute atomic E-state index is 0.00335. The number of aliphatic carboxylic acids is 1. The van der Waals surface area contributed by atoms with E-state index >= 15 is 0 Å². The lowest BCUT2D eigenvalue weighted by Crippen LogP contribution is -2.27. The first-order chi connectivity index (χ1) is 13.3. The number of benzene rings is 1. The van der Waals surface area contributed by atoms with Gasteiger partial charge in [0.05, 0.1) is 17.0 Å². The number of carbonyl (C=O) groups excluding carboxylic acids is 1. The van der Waals surface area contributed by atoms with Crippen molar-refractivity contribution in [1.82, 2.24) is 9.29 Å². The number of thiazole rings is 1. The Bertz CT molecular complexity index is 977. The van der Waals surface area contributed by atoms with Crippen LogP contribution in [0.1, 0.15) is 40.2 Å². The first-order valence-corrected chi connectivity index (χ1v) is 11.1. The number of carboxylic acids is 1. The second-order valence-electron chi connectivity index (χ2n) is 6.51. The summed E-state index contributed by atoms with van der Waals surface area (Å²) in [4.78, 5) is 28.4. The van der Waals surface area contributed by atoms with Crippen LogP contribution >= 0.6 is 11.3 Å². The smallest absolute Gasteiger partial charge is 0.303 e. The van der Waals surface area contributed by atoms with Crippen molar-refractivity contribution >= 4 is 38.4 Å². The fourth-order valence-corrected chi connectivity index (χ4v) is 5.43. The van der Waals surface area contributed by atoms with Crippen LogP contribution in [0.15, 0.2) is 29.2 Å². The molecule has 1 saturated heterocycles. The minimum Gasteiger partial charge on any atom is -0.481 e. The SMILES string of the molecule is Cc1nc(NC(=O)c2ccc(S(=O)(=O)N3CCCC3)cc2)sc1CCC(=O)O. The van der Waals surface area contributed by atoms with Crippen LogP contribution in [0.25, 0.3) is 0 Å². The van der Waals surface area contributed by atoms with Gasteiger partial charge in [-0.05, 0) is 50.5 Å². The number of anilines is 1. The molecule has 1 fully saturated rings. The number of sulfonamides is 1. The molecule has 1 aliphatic heterocycles. The largest absolute Gasteiger partial charge is 0.481 e. The lowest BCUT2D eigenvalue weighted by molar-refractivity contribution is -0.136. The average Bonchev–Trinajstić information content (AvgIpc) is 3.30. The predicted octanol–water partition coefficient (Wildman–Crippen LogP) is 2.51.